The second kappa shape index (κ2) is 12.2. The molecular weight excluding hydrogens is 579 g/mol. The fourth-order valence-electron chi connectivity index (χ4n) is 4.89. The van der Waals surface area contributed by atoms with E-state index in [1.54, 1.807) is 47.9 Å². The van der Waals surface area contributed by atoms with Gasteiger partial charge in [-0.2, -0.15) is 0 Å². The summed E-state index contributed by atoms with van der Waals surface area (Å²) in [5, 5.41) is 1.00. The Morgan fingerprint density at radius 1 is 1.12 bits per heavy atom. The Hall–Kier alpha value is -3.39. The van der Waals surface area contributed by atoms with E-state index in [4.69, 9.17) is 37.3 Å². The number of hydrogen-bond donors (Lipinski definition) is 0. The van der Waals surface area contributed by atoms with Crippen molar-refractivity contribution >= 4 is 46.6 Å². The quantitative estimate of drug-likeness (QED) is 0.197. The number of aromatic nitrogens is 1. The van der Waals surface area contributed by atoms with Gasteiger partial charge in [0.05, 0.1) is 33.5 Å². The number of nitrogens with zero attached hydrogens (tertiary/aromatic N) is 2. The maximum Gasteiger partial charge on any atom is 0.338 e. The van der Waals surface area contributed by atoms with Crippen molar-refractivity contribution in [3.8, 4) is 11.3 Å². The second-order valence-electron chi connectivity index (χ2n) is 10.1. The van der Waals surface area contributed by atoms with Crippen LogP contribution in [0.5, 0.6) is 0 Å². The van der Waals surface area contributed by atoms with Gasteiger partial charge >= 0.3 is 5.97 Å². The predicted molar refractivity (Wildman–Crippen MR) is 164 cm³/mol. The molecule has 0 saturated heterocycles. The Kier molecular flexibility index (Phi) is 8.68. The number of carbonyl (C=O) groups excluding carboxylic acids is 1. The third kappa shape index (κ3) is 5.85. The van der Waals surface area contributed by atoms with Crippen molar-refractivity contribution in [1.29, 1.82) is 0 Å². The van der Waals surface area contributed by atoms with Crippen molar-refractivity contribution in [2.24, 2.45) is 4.99 Å². The first-order chi connectivity index (χ1) is 19.7. The van der Waals surface area contributed by atoms with Crippen LogP contribution in [0, 0.1) is 0 Å². The summed E-state index contributed by atoms with van der Waals surface area (Å²) < 4.78 is 13.6. The lowest BCUT2D eigenvalue weighted by Crippen LogP contribution is -2.40. The molecule has 9 heteroatoms. The summed E-state index contributed by atoms with van der Waals surface area (Å²) in [4.78, 5) is 32.7. The Morgan fingerprint density at radius 2 is 1.88 bits per heavy atom. The van der Waals surface area contributed by atoms with E-state index in [0.29, 0.717) is 60.1 Å². The Labute approximate surface area is 252 Å². The third-order valence-electron chi connectivity index (χ3n) is 6.91. The first kappa shape index (κ1) is 29.1. The summed E-state index contributed by atoms with van der Waals surface area (Å²) >= 11 is 13.7. The molecule has 6 nitrogen and oxygen atoms in total. The highest BCUT2D eigenvalue weighted by molar-refractivity contribution is 7.07. The fraction of sp³-hybridized carbons (Fsp3) is 0.281. The number of furan rings is 1. The maximum absolute atomic E-state index is 14.0. The monoisotopic (exact) mass is 608 g/mol. The summed E-state index contributed by atoms with van der Waals surface area (Å²) in [5.74, 6) is 0.946. The van der Waals surface area contributed by atoms with Crippen molar-refractivity contribution in [2.45, 2.75) is 52.5 Å². The molecule has 5 rings (SSSR count). The van der Waals surface area contributed by atoms with E-state index in [1.165, 1.54) is 16.9 Å². The van der Waals surface area contributed by atoms with E-state index in [1.807, 2.05) is 31.2 Å². The smallest absolute Gasteiger partial charge is 0.338 e. The minimum atomic E-state index is -0.657. The van der Waals surface area contributed by atoms with Crippen LogP contribution in [0.25, 0.3) is 17.4 Å². The molecule has 2 aromatic carbocycles. The maximum atomic E-state index is 14.0. The van der Waals surface area contributed by atoms with Gasteiger partial charge in [-0.3, -0.25) is 9.36 Å². The zero-order valence-corrected chi connectivity index (χ0v) is 25.6. The molecule has 2 aromatic heterocycles. The molecule has 0 saturated carbocycles. The molecule has 0 spiro atoms. The SMILES string of the molecule is CCCC1=C(C(=O)OCC)C(c2ccc(C(C)C)cc2)n2c(s/c(=C\c3ccc(-c4ccc(Cl)cc4Cl)o3)c2=O)=N1. The number of allylic oxidation sites excluding steroid dienone is 1. The molecule has 1 unspecified atom stereocenters. The van der Waals surface area contributed by atoms with Crippen LogP contribution in [0.2, 0.25) is 10.0 Å². The second-order valence-corrected chi connectivity index (χ2v) is 11.9. The van der Waals surface area contributed by atoms with Gasteiger partial charge < -0.3 is 9.15 Å². The van der Waals surface area contributed by atoms with Gasteiger partial charge in [-0.25, -0.2) is 9.79 Å². The molecule has 0 N–H and O–H groups in total. The van der Waals surface area contributed by atoms with E-state index in [9.17, 15) is 9.59 Å². The van der Waals surface area contributed by atoms with Crippen LogP contribution in [0.1, 0.15) is 69.4 Å². The highest BCUT2D eigenvalue weighted by atomic mass is 35.5. The summed E-state index contributed by atoms with van der Waals surface area (Å²) in [7, 11) is 0. The van der Waals surface area contributed by atoms with Crippen molar-refractivity contribution in [3.05, 3.63) is 112 Å². The first-order valence-electron chi connectivity index (χ1n) is 13.6. The average molecular weight is 610 g/mol. The molecule has 0 aliphatic carbocycles. The summed E-state index contributed by atoms with van der Waals surface area (Å²) in [6.45, 7) is 8.29. The molecule has 41 heavy (non-hydrogen) atoms. The molecule has 1 aliphatic heterocycles. The third-order valence-corrected chi connectivity index (χ3v) is 8.44. The van der Waals surface area contributed by atoms with E-state index < -0.39 is 12.0 Å². The van der Waals surface area contributed by atoms with Crippen molar-refractivity contribution in [1.82, 2.24) is 4.57 Å². The van der Waals surface area contributed by atoms with Crippen molar-refractivity contribution in [2.75, 3.05) is 6.61 Å². The lowest BCUT2D eigenvalue weighted by molar-refractivity contribution is -0.139. The van der Waals surface area contributed by atoms with Gasteiger partial charge in [0, 0.05) is 16.7 Å². The molecule has 0 bridgehead atoms. The number of esters is 1. The highest BCUT2D eigenvalue weighted by Crippen LogP contribution is 2.34. The number of thiazole rings is 1. The number of hydrogen-bond acceptors (Lipinski definition) is 6. The van der Waals surface area contributed by atoms with E-state index in [-0.39, 0.29) is 12.2 Å². The lowest BCUT2D eigenvalue weighted by atomic mass is 9.92. The van der Waals surface area contributed by atoms with Crippen molar-refractivity contribution in [3.63, 3.8) is 0 Å². The van der Waals surface area contributed by atoms with E-state index in [0.717, 1.165) is 12.0 Å². The standard InChI is InChI=1S/C32H30Cl2N2O4S/c1-5-7-25-28(31(38)39-6-2)29(20-10-8-19(9-11-20)18(3)4)36-30(37)27(41-32(36)35-25)17-22-13-15-26(40-22)23-14-12-21(33)16-24(23)34/h8-18,29H,5-7H2,1-4H3/b27-17-. The largest absolute Gasteiger partial charge is 0.463 e. The molecule has 0 amide bonds. The van der Waals surface area contributed by atoms with Crippen LogP contribution in [-0.2, 0) is 9.53 Å². The number of benzene rings is 2. The zero-order chi connectivity index (χ0) is 29.3. The molecule has 4 aromatic rings. The van der Waals surface area contributed by atoms with Gasteiger partial charge in [0.25, 0.3) is 5.56 Å². The predicted octanol–water partition coefficient (Wildman–Crippen LogP) is 7.27. The summed E-state index contributed by atoms with van der Waals surface area (Å²) in [5.41, 5.74) is 3.49. The van der Waals surface area contributed by atoms with Gasteiger partial charge in [-0.15, -0.1) is 0 Å². The number of halogens is 2. The fourth-order valence-corrected chi connectivity index (χ4v) is 6.39. The van der Waals surface area contributed by atoms with Gasteiger partial charge in [0.15, 0.2) is 4.80 Å². The summed E-state index contributed by atoms with van der Waals surface area (Å²) in [6, 6.07) is 16.2. The normalized spacial score (nSPS) is 15.3. The molecule has 1 atom stereocenters. The average Bonchev–Trinajstić information content (AvgIpc) is 3.52. The Bertz CT molecular complexity index is 1810. The molecule has 1 aliphatic rings. The Balaban J connectivity index is 1.66. The number of fused-ring (bicyclic) bond motifs is 1. The van der Waals surface area contributed by atoms with Gasteiger partial charge in [0.1, 0.15) is 11.5 Å². The first-order valence-corrected chi connectivity index (χ1v) is 15.2. The topological polar surface area (TPSA) is 73.8 Å². The minimum absolute atomic E-state index is 0.226. The number of rotatable bonds is 8. The molecule has 0 fully saturated rings. The summed E-state index contributed by atoms with van der Waals surface area (Å²) in [6.07, 6.45) is 3.07. The van der Waals surface area contributed by atoms with Crippen LogP contribution in [0.4, 0.5) is 0 Å². The minimum Gasteiger partial charge on any atom is -0.463 e. The van der Waals surface area contributed by atoms with Gasteiger partial charge in [-0.1, -0.05) is 86.0 Å². The van der Waals surface area contributed by atoms with Crippen LogP contribution in [0.3, 0.4) is 0 Å². The lowest BCUT2D eigenvalue weighted by Gasteiger charge is -2.26. The van der Waals surface area contributed by atoms with E-state index >= 15 is 0 Å². The van der Waals surface area contributed by atoms with Crippen LogP contribution in [0.15, 0.2) is 80.1 Å². The molecule has 3 heterocycles. The van der Waals surface area contributed by atoms with Crippen LogP contribution < -0.4 is 14.9 Å². The van der Waals surface area contributed by atoms with Gasteiger partial charge in [-0.05, 0) is 60.7 Å². The molecule has 212 valence electrons. The van der Waals surface area contributed by atoms with Crippen LogP contribution in [-0.4, -0.2) is 17.1 Å². The van der Waals surface area contributed by atoms with Crippen molar-refractivity contribution < 1.29 is 13.9 Å². The van der Waals surface area contributed by atoms with Gasteiger partial charge in [0.2, 0.25) is 0 Å². The number of carbonyl (C=O) groups is 1. The molecule has 0 radical (unpaired) electrons. The Morgan fingerprint density at radius 3 is 2.54 bits per heavy atom. The zero-order valence-electron chi connectivity index (χ0n) is 23.2. The van der Waals surface area contributed by atoms with Crippen LogP contribution >= 0.6 is 34.5 Å². The van der Waals surface area contributed by atoms with E-state index in [2.05, 4.69) is 13.8 Å². The molecular formula is C32H30Cl2N2O4S. The number of ether oxygens (including phenoxy) is 1. The highest BCUT2D eigenvalue weighted by Gasteiger charge is 2.34.